The predicted molar refractivity (Wildman–Crippen MR) is 94.7 cm³/mol. The minimum atomic E-state index is -4.45. The first-order chi connectivity index (χ1) is 12.2. The Kier molecular flexibility index (Phi) is 4.82. The number of halogens is 3. The van der Waals surface area contributed by atoms with E-state index in [2.05, 4.69) is 19.1 Å². The van der Waals surface area contributed by atoms with Crippen LogP contribution in [0.2, 0.25) is 0 Å². The van der Waals surface area contributed by atoms with Crippen LogP contribution in [0.25, 0.3) is 0 Å². The normalized spacial score (nSPS) is 16.9. The number of amides is 1. The van der Waals surface area contributed by atoms with Crippen molar-refractivity contribution < 1.29 is 18.0 Å². The second-order valence-electron chi connectivity index (χ2n) is 7.11. The third kappa shape index (κ3) is 3.76. The SMILES string of the molecule is CCC1(c2ccc(CC(C(N)=O)c3cccc(C(F)(F)F)c3)cc2)CC1. The molecule has 2 nitrogen and oxygen atoms in total. The molecule has 26 heavy (non-hydrogen) atoms. The van der Waals surface area contributed by atoms with Crippen molar-refractivity contribution in [1.82, 2.24) is 0 Å². The molecule has 0 saturated heterocycles. The second kappa shape index (κ2) is 6.78. The van der Waals surface area contributed by atoms with Gasteiger partial charge in [0.25, 0.3) is 0 Å². The van der Waals surface area contributed by atoms with E-state index in [1.807, 2.05) is 12.1 Å². The number of hydrogen-bond acceptors (Lipinski definition) is 1. The van der Waals surface area contributed by atoms with E-state index < -0.39 is 23.6 Å². The number of hydrogen-bond donors (Lipinski definition) is 1. The molecular formula is C21H22F3NO. The quantitative estimate of drug-likeness (QED) is 0.776. The number of primary amides is 1. The molecule has 1 unspecified atom stereocenters. The molecule has 1 aliphatic rings. The topological polar surface area (TPSA) is 43.1 Å². The fourth-order valence-electron chi connectivity index (χ4n) is 3.54. The van der Waals surface area contributed by atoms with Gasteiger partial charge in [-0.25, -0.2) is 0 Å². The molecule has 2 aromatic carbocycles. The van der Waals surface area contributed by atoms with Crippen molar-refractivity contribution >= 4 is 5.91 Å². The summed E-state index contributed by atoms with van der Waals surface area (Å²) in [5.74, 6) is -1.41. The van der Waals surface area contributed by atoms with Crippen LogP contribution in [0.3, 0.4) is 0 Å². The van der Waals surface area contributed by atoms with Gasteiger partial charge in [0.15, 0.2) is 0 Å². The van der Waals surface area contributed by atoms with E-state index in [0.717, 1.165) is 24.1 Å². The molecule has 138 valence electrons. The Morgan fingerprint density at radius 3 is 2.31 bits per heavy atom. The van der Waals surface area contributed by atoms with E-state index in [1.165, 1.54) is 30.5 Å². The molecule has 0 spiro atoms. The summed E-state index contributed by atoms with van der Waals surface area (Å²) in [7, 11) is 0. The molecule has 0 radical (unpaired) electrons. The summed E-state index contributed by atoms with van der Waals surface area (Å²) >= 11 is 0. The van der Waals surface area contributed by atoms with Gasteiger partial charge in [-0.15, -0.1) is 0 Å². The summed E-state index contributed by atoms with van der Waals surface area (Å²) in [6.07, 6.45) is -0.677. The first-order valence-electron chi connectivity index (χ1n) is 8.81. The lowest BCUT2D eigenvalue weighted by atomic mass is 9.88. The second-order valence-corrected chi connectivity index (χ2v) is 7.11. The molecule has 5 heteroatoms. The average Bonchev–Trinajstić information content (AvgIpc) is 3.40. The standard InChI is InChI=1S/C21H22F3NO/c1-2-20(10-11-20)16-8-6-14(7-9-16)12-18(19(25)26)15-4-3-5-17(13-15)21(22,23)24/h3-9,13,18H,2,10-12H2,1H3,(H2,25,26). The van der Waals surface area contributed by atoms with Crippen LogP contribution in [0, 0.1) is 0 Å². The molecule has 3 rings (SSSR count). The van der Waals surface area contributed by atoms with E-state index in [1.54, 1.807) is 0 Å². The lowest BCUT2D eigenvalue weighted by Gasteiger charge is -2.17. The van der Waals surface area contributed by atoms with E-state index >= 15 is 0 Å². The molecule has 1 fully saturated rings. The van der Waals surface area contributed by atoms with Crippen molar-refractivity contribution in [1.29, 1.82) is 0 Å². The lowest BCUT2D eigenvalue weighted by molar-refractivity contribution is -0.137. The van der Waals surface area contributed by atoms with Gasteiger partial charge in [-0.2, -0.15) is 13.2 Å². The number of carbonyl (C=O) groups is 1. The first kappa shape index (κ1) is 18.5. The molecule has 1 saturated carbocycles. The maximum atomic E-state index is 12.9. The van der Waals surface area contributed by atoms with Gasteiger partial charge in [0.2, 0.25) is 5.91 Å². The maximum absolute atomic E-state index is 12.9. The van der Waals surface area contributed by atoms with E-state index in [-0.39, 0.29) is 6.42 Å². The molecule has 1 amide bonds. The Labute approximate surface area is 151 Å². The van der Waals surface area contributed by atoms with Gasteiger partial charge in [0.1, 0.15) is 0 Å². The third-order valence-corrected chi connectivity index (χ3v) is 5.50. The van der Waals surface area contributed by atoms with Gasteiger partial charge >= 0.3 is 6.18 Å². The van der Waals surface area contributed by atoms with Crippen molar-refractivity contribution in [2.75, 3.05) is 0 Å². The highest BCUT2D eigenvalue weighted by Crippen LogP contribution is 2.50. The van der Waals surface area contributed by atoms with Crippen molar-refractivity contribution in [3.05, 3.63) is 70.8 Å². The van der Waals surface area contributed by atoms with Crippen molar-refractivity contribution in [2.45, 2.75) is 50.1 Å². The van der Waals surface area contributed by atoms with Gasteiger partial charge < -0.3 is 5.73 Å². The smallest absolute Gasteiger partial charge is 0.369 e. The molecule has 0 bridgehead atoms. The summed E-state index contributed by atoms with van der Waals surface area (Å²) in [6.45, 7) is 2.18. The van der Waals surface area contributed by atoms with Gasteiger partial charge in [0.05, 0.1) is 11.5 Å². The van der Waals surface area contributed by atoms with Crippen LogP contribution >= 0.6 is 0 Å². The zero-order chi connectivity index (χ0) is 18.9. The zero-order valence-electron chi connectivity index (χ0n) is 14.6. The fourth-order valence-corrected chi connectivity index (χ4v) is 3.54. The zero-order valence-corrected chi connectivity index (χ0v) is 14.6. The minimum Gasteiger partial charge on any atom is -0.369 e. The summed E-state index contributed by atoms with van der Waals surface area (Å²) in [5.41, 5.74) is 7.49. The van der Waals surface area contributed by atoms with Crippen LogP contribution in [0.5, 0.6) is 0 Å². The highest BCUT2D eigenvalue weighted by molar-refractivity contribution is 5.82. The largest absolute Gasteiger partial charge is 0.416 e. The lowest BCUT2D eigenvalue weighted by Crippen LogP contribution is -2.23. The van der Waals surface area contributed by atoms with Gasteiger partial charge in [-0.05, 0) is 53.9 Å². The monoisotopic (exact) mass is 361 g/mol. The van der Waals surface area contributed by atoms with Crippen LogP contribution in [0.4, 0.5) is 13.2 Å². The molecule has 0 aromatic heterocycles. The van der Waals surface area contributed by atoms with Crippen molar-refractivity contribution in [3.63, 3.8) is 0 Å². The highest BCUT2D eigenvalue weighted by atomic mass is 19.4. The van der Waals surface area contributed by atoms with E-state index in [9.17, 15) is 18.0 Å². The molecule has 1 atom stereocenters. The van der Waals surface area contributed by atoms with Crippen LogP contribution in [-0.4, -0.2) is 5.91 Å². The number of alkyl halides is 3. The van der Waals surface area contributed by atoms with Crippen molar-refractivity contribution in [2.24, 2.45) is 5.73 Å². The van der Waals surface area contributed by atoms with Crippen LogP contribution in [-0.2, 0) is 22.8 Å². The van der Waals surface area contributed by atoms with Gasteiger partial charge in [0, 0.05) is 0 Å². The Morgan fingerprint density at radius 2 is 1.81 bits per heavy atom. The third-order valence-electron chi connectivity index (χ3n) is 5.50. The Bertz CT molecular complexity index is 792. The number of benzene rings is 2. The number of nitrogens with two attached hydrogens (primary N) is 1. The first-order valence-corrected chi connectivity index (χ1v) is 8.81. The van der Waals surface area contributed by atoms with E-state index in [4.69, 9.17) is 5.73 Å². The number of carbonyl (C=O) groups excluding carboxylic acids is 1. The Hall–Kier alpha value is -2.30. The molecule has 0 aliphatic heterocycles. The summed E-state index contributed by atoms with van der Waals surface area (Å²) < 4.78 is 38.8. The Balaban J connectivity index is 1.82. The maximum Gasteiger partial charge on any atom is 0.416 e. The molecule has 0 heterocycles. The van der Waals surface area contributed by atoms with E-state index in [0.29, 0.717) is 11.0 Å². The predicted octanol–water partition coefficient (Wildman–Crippen LogP) is 4.96. The van der Waals surface area contributed by atoms with Crippen LogP contribution in [0.15, 0.2) is 48.5 Å². The van der Waals surface area contributed by atoms with Crippen LogP contribution in [0.1, 0.15) is 54.4 Å². The number of rotatable bonds is 6. The van der Waals surface area contributed by atoms with Crippen LogP contribution < -0.4 is 5.73 Å². The van der Waals surface area contributed by atoms with Gasteiger partial charge in [-0.1, -0.05) is 49.4 Å². The average molecular weight is 361 g/mol. The summed E-state index contributed by atoms with van der Waals surface area (Å²) in [4.78, 5) is 11.9. The minimum absolute atomic E-state index is 0.288. The highest BCUT2D eigenvalue weighted by Gasteiger charge is 2.42. The molecular weight excluding hydrogens is 339 g/mol. The summed E-state index contributed by atoms with van der Waals surface area (Å²) in [5, 5.41) is 0. The Morgan fingerprint density at radius 1 is 1.15 bits per heavy atom. The van der Waals surface area contributed by atoms with Gasteiger partial charge in [-0.3, -0.25) is 4.79 Å². The summed E-state index contributed by atoms with van der Waals surface area (Å²) in [6, 6.07) is 12.9. The van der Waals surface area contributed by atoms with Crippen molar-refractivity contribution in [3.8, 4) is 0 Å². The molecule has 1 aliphatic carbocycles. The molecule has 2 N–H and O–H groups in total. The molecule has 2 aromatic rings. The fraction of sp³-hybridized carbons (Fsp3) is 0.381.